The minimum absolute atomic E-state index is 0.0396. The van der Waals surface area contributed by atoms with E-state index in [-0.39, 0.29) is 17.4 Å². The molecular formula is C13H17N3O5. The van der Waals surface area contributed by atoms with Crippen LogP contribution < -0.4 is 11.1 Å². The number of ether oxygens (including phenoxy) is 1. The van der Waals surface area contributed by atoms with Crippen molar-refractivity contribution >= 4 is 23.7 Å². The number of urea groups is 1. The lowest BCUT2D eigenvalue weighted by Gasteiger charge is -2.19. The number of nitrogens with two attached hydrogens (primary N) is 1. The minimum Gasteiger partial charge on any atom is -0.447 e. The molecule has 0 aliphatic carbocycles. The smallest absolute Gasteiger partial charge is 0.355 e. The normalized spacial score (nSPS) is 11.8. The summed E-state index contributed by atoms with van der Waals surface area (Å²) in [6, 6.07) is 0.300. The van der Waals surface area contributed by atoms with E-state index in [2.05, 4.69) is 4.98 Å². The van der Waals surface area contributed by atoms with Gasteiger partial charge in [0.25, 0.3) is 5.91 Å². The Balaban J connectivity index is 2.83. The Morgan fingerprint density at radius 2 is 1.90 bits per heavy atom. The van der Waals surface area contributed by atoms with Crippen LogP contribution in [0.15, 0.2) is 12.3 Å². The van der Waals surface area contributed by atoms with Gasteiger partial charge < -0.3 is 15.5 Å². The van der Waals surface area contributed by atoms with E-state index in [0.29, 0.717) is 5.56 Å². The number of amides is 3. The van der Waals surface area contributed by atoms with Crippen molar-refractivity contribution in [3.05, 3.63) is 23.5 Å². The van der Waals surface area contributed by atoms with Gasteiger partial charge in [-0.15, -0.1) is 0 Å². The molecule has 0 unspecified atom stereocenters. The first kappa shape index (κ1) is 16.4. The van der Waals surface area contributed by atoms with Crippen molar-refractivity contribution in [2.45, 2.75) is 26.9 Å². The Kier molecular flexibility index (Phi) is 5.23. The highest BCUT2D eigenvalue weighted by molar-refractivity contribution is 5.99. The van der Waals surface area contributed by atoms with Gasteiger partial charge >= 0.3 is 12.0 Å². The number of ketones is 1. The van der Waals surface area contributed by atoms with Gasteiger partial charge in [-0.25, -0.2) is 9.59 Å². The second kappa shape index (κ2) is 6.69. The van der Waals surface area contributed by atoms with Crippen molar-refractivity contribution in [2.75, 3.05) is 0 Å². The number of hydrogen-bond acceptors (Lipinski definition) is 5. The van der Waals surface area contributed by atoms with Gasteiger partial charge in [-0.1, -0.05) is 13.8 Å². The first-order valence-corrected chi connectivity index (χ1v) is 6.23. The predicted molar refractivity (Wildman–Crippen MR) is 72.6 cm³/mol. The van der Waals surface area contributed by atoms with E-state index in [1.807, 2.05) is 5.32 Å². The van der Waals surface area contributed by atoms with E-state index in [0.717, 1.165) is 0 Å². The molecule has 1 rings (SSSR count). The second-order valence-electron chi connectivity index (χ2n) is 4.78. The average Bonchev–Trinajstić information content (AvgIpc) is 2.83. The number of esters is 1. The molecule has 21 heavy (non-hydrogen) atoms. The minimum atomic E-state index is -1.17. The molecule has 0 radical (unpaired) electrons. The van der Waals surface area contributed by atoms with Crippen molar-refractivity contribution in [3.8, 4) is 0 Å². The van der Waals surface area contributed by atoms with E-state index >= 15 is 0 Å². The summed E-state index contributed by atoms with van der Waals surface area (Å²) in [5.74, 6) is -2.18. The van der Waals surface area contributed by atoms with Crippen LogP contribution in [0.1, 0.15) is 41.6 Å². The molecule has 1 aromatic rings. The third-order valence-corrected chi connectivity index (χ3v) is 2.65. The summed E-state index contributed by atoms with van der Waals surface area (Å²) in [4.78, 5) is 48.1. The molecule has 8 nitrogen and oxygen atoms in total. The molecule has 0 saturated carbocycles. The number of imide groups is 1. The Morgan fingerprint density at radius 3 is 2.33 bits per heavy atom. The van der Waals surface area contributed by atoms with Crippen molar-refractivity contribution in [1.29, 1.82) is 0 Å². The number of carbonyl (C=O) groups is 4. The van der Waals surface area contributed by atoms with Crippen LogP contribution in [0.3, 0.4) is 0 Å². The topological polar surface area (TPSA) is 131 Å². The molecule has 4 N–H and O–H groups in total. The molecule has 0 aliphatic heterocycles. The number of rotatable bonds is 5. The number of primary amides is 1. The van der Waals surface area contributed by atoms with Crippen LogP contribution in [0.2, 0.25) is 0 Å². The van der Waals surface area contributed by atoms with Crippen LogP contribution in [0.25, 0.3) is 0 Å². The fourth-order valence-electron chi connectivity index (χ4n) is 1.58. The molecule has 0 spiro atoms. The summed E-state index contributed by atoms with van der Waals surface area (Å²) in [5.41, 5.74) is 5.22. The van der Waals surface area contributed by atoms with Gasteiger partial charge in [-0.3, -0.25) is 14.9 Å². The van der Waals surface area contributed by atoms with Crippen LogP contribution >= 0.6 is 0 Å². The molecule has 1 heterocycles. The largest absolute Gasteiger partial charge is 0.447 e. The van der Waals surface area contributed by atoms with Gasteiger partial charge in [-0.05, 0) is 18.9 Å². The maximum Gasteiger partial charge on any atom is 0.355 e. The Bertz CT molecular complexity index is 576. The van der Waals surface area contributed by atoms with Gasteiger partial charge in [0.15, 0.2) is 11.9 Å². The van der Waals surface area contributed by atoms with Gasteiger partial charge in [0.2, 0.25) is 0 Å². The van der Waals surface area contributed by atoms with Gasteiger partial charge in [-0.2, -0.15) is 0 Å². The number of aromatic nitrogens is 1. The van der Waals surface area contributed by atoms with Gasteiger partial charge in [0.1, 0.15) is 5.69 Å². The zero-order valence-corrected chi connectivity index (χ0v) is 11.9. The summed E-state index contributed by atoms with van der Waals surface area (Å²) in [6.07, 6.45) is 0.196. The molecule has 114 valence electrons. The number of aromatic amines is 1. The Hall–Kier alpha value is -2.64. The third kappa shape index (κ3) is 4.44. The summed E-state index contributed by atoms with van der Waals surface area (Å²) < 4.78 is 5.05. The van der Waals surface area contributed by atoms with Crippen molar-refractivity contribution in [1.82, 2.24) is 10.3 Å². The summed E-state index contributed by atoms with van der Waals surface area (Å²) in [7, 11) is 0. The molecule has 0 saturated heterocycles. The lowest BCUT2D eigenvalue weighted by atomic mass is 10.1. The molecule has 0 aromatic carbocycles. The average molecular weight is 295 g/mol. The highest BCUT2D eigenvalue weighted by Gasteiger charge is 2.28. The number of H-pyrrole nitrogens is 1. The van der Waals surface area contributed by atoms with Crippen LogP contribution in [0, 0.1) is 5.92 Å². The molecular weight excluding hydrogens is 278 g/mol. The first-order chi connectivity index (χ1) is 9.72. The summed E-state index contributed by atoms with van der Waals surface area (Å²) in [5, 5.41) is 1.86. The number of Topliss-reactive ketones (excluding diaryl/α,β-unsaturated/α-hetero) is 1. The SMILES string of the molecule is CC(=O)c1c[nH]c(C(=O)O[C@@H](C(=O)NC(N)=O)C(C)C)c1. The van der Waals surface area contributed by atoms with E-state index in [9.17, 15) is 19.2 Å². The maximum atomic E-state index is 11.9. The van der Waals surface area contributed by atoms with Gasteiger partial charge in [0.05, 0.1) is 0 Å². The number of nitrogens with one attached hydrogen (secondary N) is 2. The number of hydrogen-bond donors (Lipinski definition) is 3. The van der Waals surface area contributed by atoms with Crippen molar-refractivity contribution in [2.24, 2.45) is 11.7 Å². The molecule has 0 fully saturated rings. The highest BCUT2D eigenvalue weighted by Crippen LogP contribution is 2.12. The number of carbonyl (C=O) groups excluding carboxylic acids is 4. The third-order valence-electron chi connectivity index (χ3n) is 2.65. The predicted octanol–water partition coefficient (Wildman–Crippen LogP) is 0.594. The maximum absolute atomic E-state index is 11.9. The summed E-state index contributed by atoms with van der Waals surface area (Å²) >= 11 is 0. The standard InChI is InChI=1S/C13H17N3O5/c1-6(2)10(11(18)16-13(14)20)21-12(19)9-4-8(5-15-9)7(3)17/h4-6,10,15H,1-3H3,(H3,14,16,18,20)/t10-/m1/s1. The molecule has 1 atom stereocenters. The first-order valence-electron chi connectivity index (χ1n) is 6.23. The van der Waals surface area contributed by atoms with Crippen LogP contribution in [0.5, 0.6) is 0 Å². The molecule has 0 aliphatic rings. The van der Waals surface area contributed by atoms with E-state index in [1.54, 1.807) is 13.8 Å². The second-order valence-corrected chi connectivity index (χ2v) is 4.78. The van der Waals surface area contributed by atoms with Crippen LogP contribution in [0.4, 0.5) is 4.79 Å². The van der Waals surface area contributed by atoms with Gasteiger partial charge in [0, 0.05) is 11.8 Å². The Morgan fingerprint density at radius 1 is 1.29 bits per heavy atom. The molecule has 0 bridgehead atoms. The van der Waals surface area contributed by atoms with E-state index < -0.39 is 24.0 Å². The Labute approximate surface area is 121 Å². The molecule has 1 aromatic heterocycles. The highest BCUT2D eigenvalue weighted by atomic mass is 16.5. The van der Waals surface area contributed by atoms with E-state index in [1.165, 1.54) is 19.2 Å². The lowest BCUT2D eigenvalue weighted by molar-refractivity contribution is -0.130. The van der Waals surface area contributed by atoms with Crippen LogP contribution in [-0.4, -0.2) is 34.8 Å². The zero-order valence-electron chi connectivity index (χ0n) is 11.9. The zero-order chi connectivity index (χ0) is 16.2. The monoisotopic (exact) mass is 295 g/mol. The van der Waals surface area contributed by atoms with Crippen molar-refractivity contribution in [3.63, 3.8) is 0 Å². The van der Waals surface area contributed by atoms with E-state index in [4.69, 9.17) is 10.5 Å². The fraction of sp³-hybridized carbons (Fsp3) is 0.385. The molecule has 8 heteroatoms. The van der Waals surface area contributed by atoms with Crippen LogP contribution in [-0.2, 0) is 9.53 Å². The fourth-order valence-corrected chi connectivity index (χ4v) is 1.58. The summed E-state index contributed by atoms with van der Waals surface area (Å²) in [6.45, 7) is 4.65. The quantitative estimate of drug-likeness (QED) is 0.540. The lowest BCUT2D eigenvalue weighted by Crippen LogP contribution is -2.45. The molecule has 3 amide bonds. The van der Waals surface area contributed by atoms with Crippen molar-refractivity contribution < 1.29 is 23.9 Å².